The molecule has 2 rings (SSSR count). The molecule has 0 radical (unpaired) electrons. The minimum absolute atomic E-state index is 0.0997. The van der Waals surface area contributed by atoms with Crippen molar-refractivity contribution in [3.8, 4) is 0 Å². The van der Waals surface area contributed by atoms with E-state index in [9.17, 15) is 14.4 Å². The van der Waals surface area contributed by atoms with Crippen LogP contribution < -0.4 is 16.4 Å². The Morgan fingerprint density at radius 2 is 2.29 bits per heavy atom. The summed E-state index contributed by atoms with van der Waals surface area (Å²) in [5.74, 6) is -1.11. The quantitative estimate of drug-likeness (QED) is 0.521. The molecule has 1 aliphatic heterocycles. The van der Waals surface area contributed by atoms with E-state index in [0.717, 1.165) is 0 Å². The third-order valence-electron chi connectivity index (χ3n) is 2.46. The summed E-state index contributed by atoms with van der Waals surface area (Å²) in [4.78, 5) is 33.6. The molecule has 0 aromatic carbocycles. The van der Waals surface area contributed by atoms with Gasteiger partial charge in [-0.3, -0.25) is 19.5 Å². The average Bonchev–Trinajstić information content (AvgIpc) is 2.86. The molecular weight excluding hydrogens is 226 g/mol. The minimum Gasteiger partial charge on any atom is -0.365 e. The maximum atomic E-state index is 11.7. The molecule has 2 heterocycles. The van der Waals surface area contributed by atoms with Gasteiger partial charge in [-0.25, -0.2) is 0 Å². The third kappa shape index (κ3) is 2.25. The molecule has 8 nitrogen and oxygen atoms in total. The largest absolute Gasteiger partial charge is 0.365 e. The number of carbonyl (C=O) groups excluding carboxylic acids is 3. The SMILES string of the molecule is NC(=O)c1cn[nH]c1NC(=O)C1CCC(=O)N1. The molecule has 0 bridgehead atoms. The minimum atomic E-state index is -0.690. The van der Waals surface area contributed by atoms with Crippen molar-refractivity contribution in [3.05, 3.63) is 11.8 Å². The molecule has 0 saturated carbocycles. The number of nitrogens with two attached hydrogens (primary N) is 1. The van der Waals surface area contributed by atoms with Gasteiger partial charge in [0, 0.05) is 6.42 Å². The Kier molecular flexibility index (Phi) is 2.77. The van der Waals surface area contributed by atoms with E-state index in [1.807, 2.05) is 0 Å². The lowest BCUT2D eigenvalue weighted by molar-refractivity contribution is -0.122. The van der Waals surface area contributed by atoms with E-state index in [2.05, 4.69) is 20.8 Å². The normalized spacial score (nSPS) is 18.8. The van der Waals surface area contributed by atoms with Gasteiger partial charge in [0.2, 0.25) is 11.8 Å². The summed E-state index contributed by atoms with van der Waals surface area (Å²) >= 11 is 0. The van der Waals surface area contributed by atoms with Crippen LogP contribution in [0, 0.1) is 0 Å². The molecule has 5 N–H and O–H groups in total. The van der Waals surface area contributed by atoms with Crippen molar-refractivity contribution >= 4 is 23.5 Å². The van der Waals surface area contributed by atoms with E-state index in [-0.39, 0.29) is 17.3 Å². The second kappa shape index (κ2) is 4.24. The predicted octanol–water partition coefficient (Wildman–Crippen LogP) is -1.27. The molecule has 90 valence electrons. The molecule has 1 aliphatic rings. The van der Waals surface area contributed by atoms with Crippen LogP contribution in [0.4, 0.5) is 5.82 Å². The van der Waals surface area contributed by atoms with E-state index < -0.39 is 17.9 Å². The van der Waals surface area contributed by atoms with Gasteiger partial charge < -0.3 is 16.4 Å². The monoisotopic (exact) mass is 237 g/mol. The number of aromatic amines is 1. The van der Waals surface area contributed by atoms with Crippen LogP contribution in [0.1, 0.15) is 23.2 Å². The van der Waals surface area contributed by atoms with Crippen LogP contribution in [0.15, 0.2) is 6.20 Å². The summed E-state index contributed by atoms with van der Waals surface area (Å²) in [5, 5.41) is 11.0. The summed E-state index contributed by atoms with van der Waals surface area (Å²) < 4.78 is 0. The zero-order valence-electron chi connectivity index (χ0n) is 8.82. The highest BCUT2D eigenvalue weighted by molar-refractivity contribution is 6.04. The van der Waals surface area contributed by atoms with Gasteiger partial charge in [-0.05, 0) is 6.42 Å². The van der Waals surface area contributed by atoms with Crippen LogP contribution in [0.5, 0.6) is 0 Å². The van der Waals surface area contributed by atoms with Gasteiger partial charge in [-0.15, -0.1) is 0 Å². The number of aromatic nitrogens is 2. The molecule has 1 atom stereocenters. The molecule has 1 saturated heterocycles. The second-order valence-corrected chi connectivity index (χ2v) is 3.67. The van der Waals surface area contributed by atoms with E-state index in [4.69, 9.17) is 5.73 Å². The molecule has 1 aromatic rings. The third-order valence-corrected chi connectivity index (χ3v) is 2.46. The molecule has 3 amide bonds. The summed E-state index contributed by atoms with van der Waals surface area (Å²) in [6.07, 6.45) is 1.99. The number of hydrogen-bond donors (Lipinski definition) is 4. The number of amides is 3. The number of nitrogens with zero attached hydrogens (tertiary/aromatic N) is 1. The van der Waals surface area contributed by atoms with Crippen molar-refractivity contribution in [2.75, 3.05) is 5.32 Å². The number of primary amides is 1. The number of H-pyrrole nitrogens is 1. The number of hydrogen-bond acceptors (Lipinski definition) is 4. The lowest BCUT2D eigenvalue weighted by Gasteiger charge is -2.09. The van der Waals surface area contributed by atoms with E-state index in [1.54, 1.807) is 0 Å². The van der Waals surface area contributed by atoms with Crippen molar-refractivity contribution in [1.29, 1.82) is 0 Å². The van der Waals surface area contributed by atoms with Crippen LogP contribution in [-0.2, 0) is 9.59 Å². The first-order valence-corrected chi connectivity index (χ1v) is 5.01. The molecule has 0 spiro atoms. The lowest BCUT2D eigenvalue weighted by Crippen LogP contribution is -2.37. The van der Waals surface area contributed by atoms with E-state index in [1.165, 1.54) is 6.20 Å². The van der Waals surface area contributed by atoms with E-state index >= 15 is 0 Å². The Hall–Kier alpha value is -2.38. The number of nitrogens with one attached hydrogen (secondary N) is 3. The van der Waals surface area contributed by atoms with Gasteiger partial charge in [0.15, 0.2) is 0 Å². The Morgan fingerprint density at radius 3 is 2.88 bits per heavy atom. The second-order valence-electron chi connectivity index (χ2n) is 3.67. The number of carbonyl (C=O) groups is 3. The van der Waals surface area contributed by atoms with Crippen molar-refractivity contribution in [2.24, 2.45) is 5.73 Å². The van der Waals surface area contributed by atoms with Crippen LogP contribution >= 0.6 is 0 Å². The van der Waals surface area contributed by atoms with Crippen molar-refractivity contribution in [3.63, 3.8) is 0 Å². The van der Waals surface area contributed by atoms with Crippen LogP contribution in [0.3, 0.4) is 0 Å². The smallest absolute Gasteiger partial charge is 0.254 e. The number of anilines is 1. The Morgan fingerprint density at radius 1 is 1.53 bits per heavy atom. The van der Waals surface area contributed by atoms with Gasteiger partial charge in [-0.2, -0.15) is 5.10 Å². The average molecular weight is 237 g/mol. The first-order valence-electron chi connectivity index (χ1n) is 5.01. The fraction of sp³-hybridized carbons (Fsp3) is 0.333. The van der Waals surface area contributed by atoms with Gasteiger partial charge in [0.25, 0.3) is 5.91 Å². The predicted molar refractivity (Wildman–Crippen MR) is 56.9 cm³/mol. The molecule has 0 aliphatic carbocycles. The molecule has 1 fully saturated rings. The highest BCUT2D eigenvalue weighted by Gasteiger charge is 2.28. The zero-order valence-corrected chi connectivity index (χ0v) is 8.82. The summed E-state index contributed by atoms with van der Waals surface area (Å²) in [7, 11) is 0. The Labute approximate surface area is 95.9 Å². The molecular formula is C9H11N5O3. The highest BCUT2D eigenvalue weighted by atomic mass is 16.2. The summed E-state index contributed by atoms with van der Waals surface area (Å²) in [5.41, 5.74) is 5.19. The van der Waals surface area contributed by atoms with Gasteiger partial charge in [-0.1, -0.05) is 0 Å². The maximum Gasteiger partial charge on any atom is 0.254 e. The first kappa shape index (κ1) is 11.1. The lowest BCUT2D eigenvalue weighted by atomic mass is 10.2. The maximum absolute atomic E-state index is 11.7. The Balaban J connectivity index is 2.05. The van der Waals surface area contributed by atoms with Crippen LogP contribution in [-0.4, -0.2) is 34.0 Å². The van der Waals surface area contributed by atoms with Crippen LogP contribution in [0.25, 0.3) is 0 Å². The molecule has 1 unspecified atom stereocenters. The molecule has 1 aromatic heterocycles. The highest BCUT2D eigenvalue weighted by Crippen LogP contribution is 2.13. The fourth-order valence-corrected chi connectivity index (χ4v) is 1.59. The fourth-order valence-electron chi connectivity index (χ4n) is 1.59. The van der Waals surface area contributed by atoms with Crippen molar-refractivity contribution in [2.45, 2.75) is 18.9 Å². The first-order chi connectivity index (χ1) is 8.08. The Bertz CT molecular complexity index is 481. The van der Waals surface area contributed by atoms with Crippen molar-refractivity contribution in [1.82, 2.24) is 15.5 Å². The van der Waals surface area contributed by atoms with E-state index in [0.29, 0.717) is 12.8 Å². The van der Waals surface area contributed by atoms with Crippen molar-refractivity contribution < 1.29 is 14.4 Å². The summed E-state index contributed by atoms with van der Waals surface area (Å²) in [6.45, 7) is 0. The van der Waals surface area contributed by atoms with Gasteiger partial charge >= 0.3 is 0 Å². The topological polar surface area (TPSA) is 130 Å². The summed E-state index contributed by atoms with van der Waals surface area (Å²) in [6, 6.07) is -0.577. The standard InChI is InChI=1S/C9H11N5O3/c10-7(16)4-3-11-14-8(4)13-9(17)5-1-2-6(15)12-5/h3,5H,1-2H2,(H2,10,16)(H,12,15)(H2,11,13,14,17). The van der Waals surface area contributed by atoms with Crippen LogP contribution in [0.2, 0.25) is 0 Å². The molecule has 17 heavy (non-hydrogen) atoms. The zero-order chi connectivity index (χ0) is 12.4. The van der Waals surface area contributed by atoms with Gasteiger partial charge in [0.1, 0.15) is 17.4 Å². The number of rotatable bonds is 3. The van der Waals surface area contributed by atoms with Gasteiger partial charge in [0.05, 0.1) is 6.20 Å². The molecule has 8 heteroatoms.